The fourth-order valence-electron chi connectivity index (χ4n) is 1.74. The molecule has 2 nitrogen and oxygen atoms in total. The summed E-state index contributed by atoms with van der Waals surface area (Å²) in [5.41, 5.74) is 2.20. The van der Waals surface area contributed by atoms with Crippen LogP contribution in [0.1, 0.15) is 16.0 Å². The lowest BCUT2D eigenvalue weighted by atomic mass is 10.1. The third kappa shape index (κ3) is 3.97. The highest BCUT2D eigenvalue weighted by Crippen LogP contribution is 2.08. The van der Waals surface area contributed by atoms with Gasteiger partial charge >= 0.3 is 0 Å². The maximum Gasteiger partial charge on any atom is 0.0681 e. The van der Waals surface area contributed by atoms with Crippen LogP contribution in [0.2, 0.25) is 0 Å². The third-order valence-electron chi connectivity index (χ3n) is 2.63. The van der Waals surface area contributed by atoms with Gasteiger partial charge in [0.05, 0.1) is 6.61 Å². The second kappa shape index (κ2) is 6.55. The van der Waals surface area contributed by atoms with Crippen molar-refractivity contribution >= 4 is 11.3 Å². The van der Waals surface area contributed by atoms with Crippen molar-refractivity contribution in [2.24, 2.45) is 0 Å². The average Bonchev–Trinajstić information content (AvgIpc) is 2.88. The van der Waals surface area contributed by atoms with Gasteiger partial charge in [-0.05, 0) is 29.0 Å². The molecule has 0 unspecified atom stereocenters. The van der Waals surface area contributed by atoms with Crippen LogP contribution in [-0.4, -0.2) is 11.7 Å². The van der Waals surface area contributed by atoms with Gasteiger partial charge in [0, 0.05) is 18.0 Å². The van der Waals surface area contributed by atoms with E-state index in [-0.39, 0.29) is 6.61 Å². The summed E-state index contributed by atoms with van der Waals surface area (Å²) in [6.45, 7) is 1.96. The molecule has 2 N–H and O–H groups in total. The van der Waals surface area contributed by atoms with Crippen LogP contribution in [-0.2, 0) is 19.6 Å². The van der Waals surface area contributed by atoms with Gasteiger partial charge in [-0.1, -0.05) is 30.3 Å². The van der Waals surface area contributed by atoms with Crippen LogP contribution < -0.4 is 5.32 Å². The molecule has 0 bridgehead atoms. The number of aliphatic hydroxyl groups excluding tert-OH is 1. The quantitative estimate of drug-likeness (QED) is 0.769. The summed E-state index contributed by atoms with van der Waals surface area (Å²) < 4.78 is 0. The van der Waals surface area contributed by atoms with E-state index >= 15 is 0 Å². The first-order valence-electron chi connectivity index (χ1n) is 5.80. The normalized spacial score (nSPS) is 10.6. The third-order valence-corrected chi connectivity index (χ3v) is 3.57. The molecule has 0 spiro atoms. The molecule has 0 aliphatic carbocycles. The lowest BCUT2D eigenvalue weighted by Gasteiger charge is -2.05. The SMILES string of the molecule is OCc1cccc(CNCCc2cccs2)c1. The largest absolute Gasteiger partial charge is 0.392 e. The molecule has 1 heterocycles. The number of hydrogen-bond acceptors (Lipinski definition) is 3. The van der Waals surface area contributed by atoms with Crippen LogP contribution in [0.25, 0.3) is 0 Å². The van der Waals surface area contributed by atoms with Crippen LogP contribution in [0.3, 0.4) is 0 Å². The van der Waals surface area contributed by atoms with Crippen molar-refractivity contribution in [3.63, 3.8) is 0 Å². The van der Waals surface area contributed by atoms with Crippen molar-refractivity contribution in [2.75, 3.05) is 6.54 Å². The van der Waals surface area contributed by atoms with Gasteiger partial charge in [-0.15, -0.1) is 11.3 Å². The first-order chi connectivity index (χ1) is 8.38. The van der Waals surface area contributed by atoms with Crippen LogP contribution in [0.5, 0.6) is 0 Å². The minimum absolute atomic E-state index is 0.114. The van der Waals surface area contributed by atoms with E-state index in [0.717, 1.165) is 25.1 Å². The van der Waals surface area contributed by atoms with Crippen molar-refractivity contribution in [1.82, 2.24) is 5.32 Å². The number of thiophene rings is 1. The van der Waals surface area contributed by atoms with Gasteiger partial charge in [0.2, 0.25) is 0 Å². The van der Waals surface area contributed by atoms with Crippen molar-refractivity contribution in [2.45, 2.75) is 19.6 Å². The number of nitrogens with one attached hydrogen (secondary N) is 1. The molecule has 1 aromatic heterocycles. The fraction of sp³-hybridized carbons (Fsp3) is 0.286. The Hall–Kier alpha value is -1.16. The predicted octanol–water partition coefficient (Wildman–Crippen LogP) is 2.57. The molecule has 0 radical (unpaired) electrons. The van der Waals surface area contributed by atoms with Gasteiger partial charge in [0.1, 0.15) is 0 Å². The molecule has 3 heteroatoms. The Morgan fingerprint density at radius 1 is 1.12 bits per heavy atom. The van der Waals surface area contributed by atoms with Crippen LogP contribution in [0, 0.1) is 0 Å². The molecule has 17 heavy (non-hydrogen) atoms. The molecule has 0 saturated carbocycles. The van der Waals surface area contributed by atoms with Gasteiger partial charge in [0.25, 0.3) is 0 Å². The Balaban J connectivity index is 1.74. The zero-order valence-electron chi connectivity index (χ0n) is 9.73. The molecule has 2 rings (SSSR count). The Morgan fingerprint density at radius 3 is 2.76 bits per heavy atom. The van der Waals surface area contributed by atoms with E-state index in [1.54, 1.807) is 11.3 Å². The topological polar surface area (TPSA) is 32.3 Å². The molecule has 0 fully saturated rings. The maximum absolute atomic E-state index is 9.04. The molecule has 1 aromatic carbocycles. The molecule has 0 saturated heterocycles. The first-order valence-corrected chi connectivity index (χ1v) is 6.68. The summed E-state index contributed by atoms with van der Waals surface area (Å²) >= 11 is 1.80. The second-order valence-electron chi connectivity index (χ2n) is 3.98. The van der Waals surface area contributed by atoms with Gasteiger partial charge in [0.15, 0.2) is 0 Å². The Kier molecular flexibility index (Phi) is 4.74. The minimum Gasteiger partial charge on any atom is -0.392 e. The standard InChI is InChI=1S/C14H17NOS/c16-11-13-4-1-3-12(9-13)10-15-7-6-14-5-2-8-17-14/h1-5,8-9,15-16H,6-7,10-11H2. The van der Waals surface area contributed by atoms with E-state index in [4.69, 9.17) is 5.11 Å². The Morgan fingerprint density at radius 2 is 2.00 bits per heavy atom. The molecular weight excluding hydrogens is 230 g/mol. The molecule has 0 aliphatic heterocycles. The fourth-order valence-corrected chi connectivity index (χ4v) is 2.45. The van der Waals surface area contributed by atoms with Gasteiger partial charge in [-0.25, -0.2) is 0 Å². The van der Waals surface area contributed by atoms with E-state index in [9.17, 15) is 0 Å². The monoisotopic (exact) mass is 247 g/mol. The smallest absolute Gasteiger partial charge is 0.0681 e. The molecule has 90 valence electrons. The van der Waals surface area contributed by atoms with Crippen molar-refractivity contribution in [3.05, 3.63) is 57.8 Å². The molecule has 2 aromatic rings. The van der Waals surface area contributed by atoms with Crippen LogP contribution in [0.4, 0.5) is 0 Å². The lowest BCUT2D eigenvalue weighted by molar-refractivity contribution is 0.281. The minimum atomic E-state index is 0.114. The highest BCUT2D eigenvalue weighted by atomic mass is 32.1. The molecule has 0 amide bonds. The van der Waals surface area contributed by atoms with Crippen molar-refractivity contribution in [1.29, 1.82) is 0 Å². The van der Waals surface area contributed by atoms with E-state index in [1.165, 1.54) is 10.4 Å². The van der Waals surface area contributed by atoms with E-state index in [2.05, 4.69) is 28.9 Å². The number of rotatable bonds is 6. The second-order valence-corrected chi connectivity index (χ2v) is 5.02. The van der Waals surface area contributed by atoms with E-state index in [1.807, 2.05) is 18.2 Å². The number of benzene rings is 1. The lowest BCUT2D eigenvalue weighted by Crippen LogP contribution is -2.16. The zero-order chi connectivity index (χ0) is 11.9. The predicted molar refractivity (Wildman–Crippen MR) is 72.1 cm³/mol. The zero-order valence-corrected chi connectivity index (χ0v) is 10.5. The number of hydrogen-bond donors (Lipinski definition) is 2. The maximum atomic E-state index is 9.04. The highest BCUT2D eigenvalue weighted by Gasteiger charge is 1.96. The van der Waals surface area contributed by atoms with Crippen molar-refractivity contribution < 1.29 is 5.11 Å². The van der Waals surface area contributed by atoms with Crippen LogP contribution >= 0.6 is 11.3 Å². The molecular formula is C14H17NOS. The van der Waals surface area contributed by atoms with E-state index < -0.39 is 0 Å². The van der Waals surface area contributed by atoms with Crippen molar-refractivity contribution in [3.8, 4) is 0 Å². The van der Waals surface area contributed by atoms with E-state index in [0.29, 0.717) is 0 Å². The first kappa shape index (κ1) is 12.3. The van der Waals surface area contributed by atoms with Gasteiger partial charge in [-0.2, -0.15) is 0 Å². The Labute approximate surface area is 106 Å². The Bertz CT molecular complexity index is 439. The summed E-state index contributed by atoms with van der Waals surface area (Å²) in [5, 5.41) is 14.6. The van der Waals surface area contributed by atoms with Gasteiger partial charge in [-0.3, -0.25) is 0 Å². The van der Waals surface area contributed by atoms with Gasteiger partial charge < -0.3 is 10.4 Å². The molecule has 0 aliphatic rings. The highest BCUT2D eigenvalue weighted by molar-refractivity contribution is 7.09. The summed E-state index contributed by atoms with van der Waals surface area (Å²) in [6, 6.07) is 12.3. The van der Waals surface area contributed by atoms with Crippen LogP contribution in [0.15, 0.2) is 41.8 Å². The summed E-state index contributed by atoms with van der Waals surface area (Å²) in [5.74, 6) is 0. The summed E-state index contributed by atoms with van der Waals surface area (Å²) in [4.78, 5) is 1.42. The summed E-state index contributed by atoms with van der Waals surface area (Å²) in [6.07, 6.45) is 1.08. The number of aliphatic hydroxyl groups is 1. The molecule has 0 atom stereocenters. The average molecular weight is 247 g/mol. The summed E-state index contributed by atoms with van der Waals surface area (Å²) in [7, 11) is 0.